The Bertz CT molecular complexity index is 1130. The number of rotatable bonds is 9. The Kier molecular flexibility index (Phi) is 8.30. The normalized spacial score (nSPS) is 14.9. The van der Waals surface area contributed by atoms with Crippen LogP contribution in [-0.2, 0) is 17.8 Å². The Labute approximate surface area is 207 Å². The van der Waals surface area contributed by atoms with E-state index in [9.17, 15) is 4.79 Å². The molecule has 3 aromatic rings. The lowest BCUT2D eigenvalue weighted by Crippen LogP contribution is -2.48. The maximum atomic E-state index is 12.9. The molecule has 0 atom stereocenters. The molecule has 0 unspecified atom stereocenters. The first kappa shape index (κ1) is 24.4. The van der Waals surface area contributed by atoms with Crippen molar-refractivity contribution in [1.82, 2.24) is 14.4 Å². The molecule has 4 rings (SSSR count). The number of amides is 1. The number of halogens is 1. The molecule has 1 aliphatic heterocycles. The van der Waals surface area contributed by atoms with E-state index in [-0.39, 0.29) is 5.91 Å². The topological polar surface area (TPSA) is 37.7 Å². The summed E-state index contributed by atoms with van der Waals surface area (Å²) in [6.07, 6.45) is 5.66. The van der Waals surface area contributed by atoms with Crippen LogP contribution < -0.4 is 4.74 Å². The predicted molar refractivity (Wildman–Crippen MR) is 141 cm³/mol. The molecule has 0 radical (unpaired) electrons. The average Bonchev–Trinajstić information content (AvgIpc) is 3.15. The number of benzene rings is 2. The van der Waals surface area contributed by atoms with Gasteiger partial charge in [0.1, 0.15) is 5.75 Å². The molecule has 0 aliphatic carbocycles. The highest BCUT2D eigenvalue weighted by molar-refractivity contribution is 6.17. The Morgan fingerprint density at radius 2 is 1.76 bits per heavy atom. The third-order valence-corrected chi connectivity index (χ3v) is 7.01. The number of hydrogen-bond donors (Lipinski definition) is 0. The van der Waals surface area contributed by atoms with Gasteiger partial charge in [0.15, 0.2) is 0 Å². The van der Waals surface area contributed by atoms with Gasteiger partial charge in [0.2, 0.25) is 5.91 Å². The van der Waals surface area contributed by atoms with E-state index in [1.165, 1.54) is 22.2 Å². The zero-order valence-corrected chi connectivity index (χ0v) is 20.9. The van der Waals surface area contributed by atoms with E-state index in [0.717, 1.165) is 63.4 Å². The summed E-state index contributed by atoms with van der Waals surface area (Å²) in [5.74, 6) is 1.62. The lowest BCUT2D eigenvalue weighted by Gasteiger charge is -2.34. The molecule has 34 heavy (non-hydrogen) atoms. The molecule has 6 heteroatoms. The fraction of sp³-hybridized carbons (Fsp3) is 0.393. The Morgan fingerprint density at radius 1 is 1.03 bits per heavy atom. The second-order valence-electron chi connectivity index (χ2n) is 8.81. The van der Waals surface area contributed by atoms with Crippen LogP contribution in [0.5, 0.6) is 5.75 Å². The highest BCUT2D eigenvalue weighted by Gasteiger charge is 2.20. The van der Waals surface area contributed by atoms with Crippen molar-refractivity contribution in [1.29, 1.82) is 0 Å². The second kappa shape index (κ2) is 11.6. The van der Waals surface area contributed by atoms with Gasteiger partial charge in [-0.2, -0.15) is 0 Å². The van der Waals surface area contributed by atoms with Crippen molar-refractivity contribution in [3.63, 3.8) is 0 Å². The number of alkyl halides is 1. The number of carbonyl (C=O) groups excluding carboxylic acids is 1. The van der Waals surface area contributed by atoms with Crippen LogP contribution in [0.2, 0.25) is 0 Å². The van der Waals surface area contributed by atoms with Crippen molar-refractivity contribution in [2.45, 2.75) is 26.3 Å². The molecule has 0 spiro atoms. The van der Waals surface area contributed by atoms with Crippen molar-refractivity contribution >= 4 is 34.5 Å². The maximum Gasteiger partial charge on any atom is 0.246 e. The van der Waals surface area contributed by atoms with Crippen LogP contribution in [0.4, 0.5) is 0 Å². The van der Waals surface area contributed by atoms with Gasteiger partial charge in [-0.15, -0.1) is 11.6 Å². The van der Waals surface area contributed by atoms with E-state index in [4.69, 9.17) is 16.3 Å². The third kappa shape index (κ3) is 5.65. The number of piperazine rings is 1. The fourth-order valence-corrected chi connectivity index (χ4v) is 4.82. The monoisotopic (exact) mass is 479 g/mol. The molecule has 1 fully saturated rings. The largest absolute Gasteiger partial charge is 0.497 e. The van der Waals surface area contributed by atoms with Gasteiger partial charge in [-0.3, -0.25) is 9.69 Å². The summed E-state index contributed by atoms with van der Waals surface area (Å²) in [5.41, 5.74) is 4.81. The van der Waals surface area contributed by atoms with Gasteiger partial charge in [-0.1, -0.05) is 30.3 Å². The summed E-state index contributed by atoms with van der Waals surface area (Å²) in [5, 5.41) is 1.18. The van der Waals surface area contributed by atoms with Crippen LogP contribution in [0, 0.1) is 6.92 Å². The standard InChI is InChI=1S/C28H34ClN3O2/c1-22-25(26-6-3-4-7-27(26)32(22)16-5-15-29)12-13-28(33)31-20-18-30(19-21-31)17-14-23-8-10-24(34-2)11-9-23/h3-4,6-13H,5,14-21H2,1-2H3/b13-12+. The predicted octanol–water partition coefficient (Wildman–Crippen LogP) is 4.99. The molecule has 1 amide bonds. The summed E-state index contributed by atoms with van der Waals surface area (Å²) < 4.78 is 7.54. The van der Waals surface area contributed by atoms with E-state index in [0.29, 0.717) is 5.88 Å². The van der Waals surface area contributed by atoms with Crippen LogP contribution >= 0.6 is 11.6 Å². The Morgan fingerprint density at radius 3 is 2.47 bits per heavy atom. The molecule has 0 N–H and O–H groups in total. The van der Waals surface area contributed by atoms with E-state index < -0.39 is 0 Å². The molecule has 2 heterocycles. The molecule has 5 nitrogen and oxygen atoms in total. The van der Waals surface area contributed by atoms with Crippen molar-refractivity contribution < 1.29 is 9.53 Å². The van der Waals surface area contributed by atoms with Gasteiger partial charge in [-0.25, -0.2) is 0 Å². The molecular weight excluding hydrogens is 446 g/mol. The smallest absolute Gasteiger partial charge is 0.246 e. The van der Waals surface area contributed by atoms with Crippen molar-refractivity contribution in [2.75, 3.05) is 45.7 Å². The molecule has 0 saturated carbocycles. The molecule has 0 bridgehead atoms. The summed E-state index contributed by atoms with van der Waals surface area (Å²) in [4.78, 5) is 17.3. The van der Waals surface area contributed by atoms with E-state index in [1.807, 2.05) is 23.1 Å². The van der Waals surface area contributed by atoms with E-state index >= 15 is 0 Å². The number of hydrogen-bond acceptors (Lipinski definition) is 3. The summed E-state index contributed by atoms with van der Waals surface area (Å²) >= 11 is 5.94. The maximum absolute atomic E-state index is 12.9. The van der Waals surface area contributed by atoms with Crippen LogP contribution in [-0.4, -0.2) is 66.0 Å². The zero-order chi connectivity index (χ0) is 23.9. The van der Waals surface area contributed by atoms with Crippen molar-refractivity contribution in [3.8, 4) is 5.75 Å². The van der Waals surface area contributed by atoms with Crippen molar-refractivity contribution in [3.05, 3.63) is 71.4 Å². The third-order valence-electron chi connectivity index (χ3n) is 6.75. The minimum Gasteiger partial charge on any atom is -0.497 e. The number of carbonyl (C=O) groups is 1. The van der Waals surface area contributed by atoms with Gasteiger partial charge in [0.25, 0.3) is 0 Å². The number of methoxy groups -OCH3 is 1. The second-order valence-corrected chi connectivity index (χ2v) is 9.19. The van der Waals surface area contributed by atoms with Gasteiger partial charge in [0, 0.05) is 73.4 Å². The summed E-state index contributed by atoms with van der Waals surface area (Å²) in [7, 11) is 1.69. The molecule has 180 valence electrons. The van der Waals surface area contributed by atoms with Gasteiger partial charge in [0.05, 0.1) is 7.11 Å². The van der Waals surface area contributed by atoms with Gasteiger partial charge >= 0.3 is 0 Å². The number of nitrogens with zero attached hydrogens (tertiary/aromatic N) is 3. The molecular formula is C28H34ClN3O2. The quantitative estimate of drug-likeness (QED) is 0.320. The minimum atomic E-state index is 0.0896. The van der Waals surface area contributed by atoms with Gasteiger partial charge < -0.3 is 14.2 Å². The van der Waals surface area contributed by atoms with Crippen LogP contribution in [0.1, 0.15) is 23.2 Å². The zero-order valence-electron chi connectivity index (χ0n) is 20.2. The molecule has 1 aliphatic rings. The lowest BCUT2D eigenvalue weighted by atomic mass is 10.1. The highest BCUT2D eigenvalue weighted by Crippen LogP contribution is 2.27. The first-order chi connectivity index (χ1) is 16.6. The van der Waals surface area contributed by atoms with Crippen LogP contribution in [0.25, 0.3) is 17.0 Å². The number of fused-ring (bicyclic) bond motifs is 1. The summed E-state index contributed by atoms with van der Waals surface area (Å²) in [6, 6.07) is 16.6. The molecule has 1 saturated heterocycles. The first-order valence-electron chi connectivity index (χ1n) is 12.1. The number of aromatic nitrogens is 1. The molecule has 1 aromatic heterocycles. The fourth-order valence-electron chi connectivity index (χ4n) is 4.71. The Balaban J connectivity index is 1.33. The van der Waals surface area contributed by atoms with E-state index in [2.05, 4.69) is 52.8 Å². The summed E-state index contributed by atoms with van der Waals surface area (Å²) in [6.45, 7) is 7.37. The minimum absolute atomic E-state index is 0.0896. The van der Waals surface area contributed by atoms with Crippen LogP contribution in [0.3, 0.4) is 0 Å². The average molecular weight is 480 g/mol. The Hall–Kier alpha value is -2.76. The van der Waals surface area contributed by atoms with E-state index in [1.54, 1.807) is 13.2 Å². The number of para-hydroxylation sites is 1. The van der Waals surface area contributed by atoms with Crippen molar-refractivity contribution in [2.24, 2.45) is 0 Å². The number of aryl methyl sites for hydroxylation is 1. The molecule has 2 aromatic carbocycles. The highest BCUT2D eigenvalue weighted by atomic mass is 35.5. The van der Waals surface area contributed by atoms with Crippen LogP contribution in [0.15, 0.2) is 54.6 Å². The number of ether oxygens (including phenoxy) is 1. The first-order valence-corrected chi connectivity index (χ1v) is 12.6. The van der Waals surface area contributed by atoms with Gasteiger partial charge in [-0.05, 0) is 49.6 Å². The SMILES string of the molecule is COc1ccc(CCN2CCN(C(=O)/C=C/c3c(C)n(CCCCl)c4ccccc34)CC2)cc1. The lowest BCUT2D eigenvalue weighted by molar-refractivity contribution is -0.127.